The lowest BCUT2D eigenvalue weighted by Crippen LogP contribution is -2.63. The Labute approximate surface area is 205 Å². The maximum Gasteiger partial charge on any atom is 0.430 e. The fraction of sp³-hybridized carbons (Fsp3) is 0.462. The molecule has 1 atom stereocenters. The molecule has 1 saturated heterocycles. The summed E-state index contributed by atoms with van der Waals surface area (Å²) < 4.78 is 10.7. The molecule has 35 heavy (non-hydrogen) atoms. The van der Waals surface area contributed by atoms with Crippen molar-refractivity contribution in [1.29, 1.82) is 0 Å². The van der Waals surface area contributed by atoms with E-state index in [0.717, 1.165) is 21.3 Å². The van der Waals surface area contributed by atoms with E-state index in [2.05, 4.69) is 5.43 Å². The third-order valence-electron chi connectivity index (χ3n) is 5.38. The summed E-state index contributed by atoms with van der Waals surface area (Å²) in [4.78, 5) is 53.3. The van der Waals surface area contributed by atoms with Crippen LogP contribution in [-0.2, 0) is 25.6 Å². The smallest absolute Gasteiger partial charge is 0.430 e. The van der Waals surface area contributed by atoms with Gasteiger partial charge in [-0.05, 0) is 64.8 Å². The molecule has 1 aliphatic rings. The number of hydrazine groups is 1. The van der Waals surface area contributed by atoms with Gasteiger partial charge in [0.25, 0.3) is 5.91 Å². The average molecular weight is 484 g/mol. The Morgan fingerprint density at radius 2 is 1.57 bits per heavy atom. The minimum absolute atomic E-state index is 0.136. The standard InChI is InChI=1S/C26H33N3O6/c1-24(2,3)34-22(32)27-29(23(33)35-25(4,5)6)26(7)16-28(21(31)20(26)30)15-18-13-10-12-17-11-8-9-14-19(17)18/h8-14H,15-16H2,1-7H3,(H,27,32)/t26-/m1/s1. The molecular weight excluding hydrogens is 450 g/mol. The van der Waals surface area contributed by atoms with Crippen molar-refractivity contribution in [2.45, 2.75) is 71.8 Å². The molecule has 2 aromatic rings. The van der Waals surface area contributed by atoms with Crippen LogP contribution in [0, 0.1) is 0 Å². The Balaban J connectivity index is 1.92. The number of amides is 3. The second-order valence-corrected chi connectivity index (χ2v) is 10.8. The number of nitrogens with one attached hydrogen (secondary N) is 1. The molecular formula is C26H33N3O6. The van der Waals surface area contributed by atoms with Crippen molar-refractivity contribution in [3.05, 3.63) is 48.0 Å². The number of nitrogens with zero attached hydrogens (tertiary/aromatic N) is 2. The molecule has 9 nitrogen and oxygen atoms in total. The highest BCUT2D eigenvalue weighted by molar-refractivity contribution is 6.42. The lowest BCUT2D eigenvalue weighted by atomic mass is 9.99. The van der Waals surface area contributed by atoms with E-state index >= 15 is 0 Å². The van der Waals surface area contributed by atoms with Gasteiger partial charge in [0.05, 0.1) is 6.54 Å². The minimum atomic E-state index is -1.71. The molecule has 2 aromatic carbocycles. The van der Waals surface area contributed by atoms with Gasteiger partial charge in [-0.1, -0.05) is 42.5 Å². The van der Waals surface area contributed by atoms with Gasteiger partial charge in [0, 0.05) is 6.54 Å². The fourth-order valence-corrected chi connectivity index (χ4v) is 3.90. The van der Waals surface area contributed by atoms with Crippen LogP contribution in [-0.4, -0.2) is 57.1 Å². The average Bonchev–Trinajstić information content (AvgIpc) is 2.94. The Kier molecular flexibility index (Phi) is 6.83. The highest BCUT2D eigenvalue weighted by Gasteiger charge is 2.55. The summed E-state index contributed by atoms with van der Waals surface area (Å²) in [5.41, 5.74) is -0.261. The monoisotopic (exact) mass is 483 g/mol. The second kappa shape index (κ2) is 9.20. The first-order valence-corrected chi connectivity index (χ1v) is 11.4. The van der Waals surface area contributed by atoms with Crippen molar-refractivity contribution in [3.8, 4) is 0 Å². The largest absolute Gasteiger partial charge is 0.443 e. The summed E-state index contributed by atoms with van der Waals surface area (Å²) in [6.45, 7) is 11.4. The summed E-state index contributed by atoms with van der Waals surface area (Å²) in [5.74, 6) is -1.58. The maximum atomic E-state index is 13.2. The summed E-state index contributed by atoms with van der Waals surface area (Å²) in [5, 5.41) is 2.74. The number of ketones is 1. The Morgan fingerprint density at radius 1 is 0.971 bits per heavy atom. The number of benzene rings is 2. The van der Waals surface area contributed by atoms with Crippen LogP contribution in [0.25, 0.3) is 10.8 Å². The van der Waals surface area contributed by atoms with Crippen LogP contribution in [0.1, 0.15) is 54.0 Å². The first-order chi connectivity index (χ1) is 16.1. The zero-order chi connectivity index (χ0) is 26.2. The van der Waals surface area contributed by atoms with Crippen molar-refractivity contribution >= 4 is 34.6 Å². The summed E-state index contributed by atoms with van der Waals surface area (Å²) in [6, 6.07) is 13.5. The predicted molar refractivity (Wildman–Crippen MR) is 130 cm³/mol. The highest BCUT2D eigenvalue weighted by atomic mass is 16.6. The van der Waals surface area contributed by atoms with Crippen molar-refractivity contribution in [2.75, 3.05) is 6.54 Å². The summed E-state index contributed by atoms with van der Waals surface area (Å²) >= 11 is 0. The lowest BCUT2D eigenvalue weighted by molar-refractivity contribution is -0.143. The van der Waals surface area contributed by atoms with Gasteiger partial charge < -0.3 is 14.4 Å². The first-order valence-electron chi connectivity index (χ1n) is 11.4. The van der Waals surface area contributed by atoms with E-state index < -0.39 is 40.6 Å². The number of likely N-dealkylation sites (tertiary alicyclic amines) is 1. The molecule has 0 aromatic heterocycles. The highest BCUT2D eigenvalue weighted by Crippen LogP contribution is 2.29. The zero-order valence-corrected chi connectivity index (χ0v) is 21.3. The van der Waals surface area contributed by atoms with Crippen LogP contribution in [0.15, 0.2) is 42.5 Å². The fourth-order valence-electron chi connectivity index (χ4n) is 3.90. The minimum Gasteiger partial charge on any atom is -0.443 e. The lowest BCUT2D eigenvalue weighted by Gasteiger charge is -2.37. The van der Waals surface area contributed by atoms with Crippen molar-refractivity contribution in [2.24, 2.45) is 0 Å². The van der Waals surface area contributed by atoms with Crippen LogP contribution in [0.4, 0.5) is 9.59 Å². The molecule has 0 unspecified atom stereocenters. The van der Waals surface area contributed by atoms with Crippen LogP contribution < -0.4 is 5.43 Å². The molecule has 0 spiro atoms. The number of hydrogen-bond acceptors (Lipinski definition) is 6. The molecule has 1 N–H and O–H groups in total. The molecule has 0 saturated carbocycles. The van der Waals surface area contributed by atoms with E-state index in [9.17, 15) is 19.2 Å². The van der Waals surface area contributed by atoms with E-state index in [1.165, 1.54) is 11.8 Å². The molecule has 1 aliphatic heterocycles. The normalized spacial score (nSPS) is 18.5. The third-order valence-corrected chi connectivity index (χ3v) is 5.38. The number of rotatable bonds is 3. The number of ether oxygens (including phenoxy) is 2. The molecule has 0 aliphatic carbocycles. The molecule has 3 rings (SSSR count). The van der Waals surface area contributed by atoms with E-state index in [-0.39, 0.29) is 13.1 Å². The molecule has 0 radical (unpaired) electrons. The summed E-state index contributed by atoms with van der Waals surface area (Å²) in [7, 11) is 0. The van der Waals surface area contributed by atoms with E-state index in [1.54, 1.807) is 41.5 Å². The number of fused-ring (bicyclic) bond motifs is 1. The van der Waals surface area contributed by atoms with Crippen molar-refractivity contribution < 1.29 is 28.7 Å². The van der Waals surface area contributed by atoms with Gasteiger partial charge in [0.2, 0.25) is 5.78 Å². The third kappa shape index (κ3) is 5.90. The molecule has 0 bridgehead atoms. The van der Waals surface area contributed by atoms with Gasteiger partial charge in [0.1, 0.15) is 11.2 Å². The molecule has 3 amide bonds. The van der Waals surface area contributed by atoms with Gasteiger partial charge in [-0.2, -0.15) is 0 Å². The Bertz CT molecular complexity index is 1160. The Hall–Kier alpha value is -3.62. The number of carbonyl (C=O) groups excluding carboxylic acids is 4. The summed E-state index contributed by atoms with van der Waals surface area (Å²) in [6.07, 6.45) is -1.92. The maximum absolute atomic E-state index is 13.2. The van der Waals surface area contributed by atoms with E-state index in [4.69, 9.17) is 9.47 Å². The van der Waals surface area contributed by atoms with Gasteiger partial charge in [-0.15, -0.1) is 0 Å². The zero-order valence-electron chi connectivity index (χ0n) is 21.3. The van der Waals surface area contributed by atoms with E-state index in [1.807, 2.05) is 42.5 Å². The van der Waals surface area contributed by atoms with Crippen LogP contribution in [0.5, 0.6) is 0 Å². The molecule has 9 heteroatoms. The Morgan fingerprint density at radius 3 is 2.20 bits per heavy atom. The predicted octanol–water partition coefficient (Wildman–Crippen LogP) is 4.19. The van der Waals surface area contributed by atoms with Crippen molar-refractivity contribution in [3.63, 3.8) is 0 Å². The van der Waals surface area contributed by atoms with Crippen molar-refractivity contribution in [1.82, 2.24) is 15.3 Å². The second-order valence-electron chi connectivity index (χ2n) is 10.8. The molecule has 1 heterocycles. The number of Topliss-reactive ketones (excluding diaryl/α,β-unsaturated/α-hetero) is 1. The number of carbonyl (C=O) groups is 4. The topological polar surface area (TPSA) is 105 Å². The van der Waals surface area contributed by atoms with Crippen LogP contribution in [0.2, 0.25) is 0 Å². The van der Waals surface area contributed by atoms with E-state index in [0.29, 0.717) is 0 Å². The number of hydrogen-bond donors (Lipinski definition) is 1. The van der Waals surface area contributed by atoms with Crippen LogP contribution in [0.3, 0.4) is 0 Å². The molecule has 1 fully saturated rings. The molecule has 188 valence electrons. The SMILES string of the molecule is CC(C)(C)OC(=O)NN(C(=O)OC(C)(C)C)[C@]1(C)CN(Cc2cccc3ccccc23)C(=O)C1=O. The quantitative estimate of drug-likeness (QED) is 0.519. The van der Waals surface area contributed by atoms with Gasteiger partial charge >= 0.3 is 12.2 Å². The van der Waals surface area contributed by atoms with Crippen LogP contribution >= 0.6 is 0 Å². The first kappa shape index (κ1) is 26.0. The van der Waals surface area contributed by atoms with Gasteiger partial charge in [-0.3, -0.25) is 9.59 Å². The van der Waals surface area contributed by atoms with Gasteiger partial charge in [0.15, 0.2) is 5.54 Å². The van der Waals surface area contributed by atoms with Gasteiger partial charge in [-0.25, -0.2) is 20.0 Å².